The van der Waals surface area contributed by atoms with Crippen LogP contribution < -0.4 is 4.74 Å². The van der Waals surface area contributed by atoms with Gasteiger partial charge in [0.1, 0.15) is 5.75 Å². The summed E-state index contributed by atoms with van der Waals surface area (Å²) in [6.45, 7) is 0. The maximum Gasteiger partial charge on any atom is 0.271 e. The van der Waals surface area contributed by atoms with Crippen molar-refractivity contribution in [2.24, 2.45) is 0 Å². The van der Waals surface area contributed by atoms with Crippen LogP contribution in [0.25, 0.3) is 0 Å². The van der Waals surface area contributed by atoms with E-state index in [4.69, 9.17) is 10.00 Å². The molecule has 0 bridgehead atoms. The van der Waals surface area contributed by atoms with Gasteiger partial charge in [-0.25, -0.2) is 0 Å². The van der Waals surface area contributed by atoms with Crippen LogP contribution >= 0.6 is 0 Å². The minimum Gasteiger partial charge on any atom is -0.454 e. The molecule has 1 unspecified atom stereocenters. The predicted octanol–water partition coefficient (Wildman–Crippen LogP) is 3.53. The molecule has 86 valence electrons. The van der Waals surface area contributed by atoms with Crippen LogP contribution in [-0.2, 0) is 0 Å². The number of nitrogens with zero attached hydrogens (tertiary/aromatic N) is 1. The molecule has 1 aromatic rings. The highest BCUT2D eigenvalue weighted by Gasteiger charge is 2.31. The van der Waals surface area contributed by atoms with Gasteiger partial charge in [-0.2, -0.15) is 9.65 Å². The molecule has 0 aliphatic heterocycles. The van der Waals surface area contributed by atoms with Gasteiger partial charge in [-0.05, 0) is 23.8 Å². The molecule has 0 aromatic heterocycles. The van der Waals surface area contributed by atoms with Crippen LogP contribution in [0.1, 0.15) is 12.8 Å². The van der Waals surface area contributed by atoms with Gasteiger partial charge in [-0.15, -0.1) is 0 Å². The van der Waals surface area contributed by atoms with Crippen molar-refractivity contribution in [1.29, 1.82) is 5.26 Å². The number of hydrogen-bond donors (Lipinski definition) is 0. The Morgan fingerprint density at radius 1 is 1.35 bits per heavy atom. The highest BCUT2D eigenvalue weighted by atomic mass is 19.2. The summed E-state index contributed by atoms with van der Waals surface area (Å²) in [6.07, 6.45) is 5.06. The lowest BCUT2D eigenvalue weighted by atomic mass is 9.98. The molecular weight excluding hydrogens is 217 g/mol. The van der Waals surface area contributed by atoms with Crippen LogP contribution in [0.5, 0.6) is 5.75 Å². The Morgan fingerprint density at radius 3 is 2.82 bits per heavy atom. The Hall–Kier alpha value is -2.08. The fraction of sp³-hybridized carbons (Fsp3) is 0.214. The van der Waals surface area contributed by atoms with Gasteiger partial charge in [0.2, 0.25) is 0 Å². The Balaban J connectivity index is 2.09. The quantitative estimate of drug-likeness (QED) is 0.794. The number of halogens is 1. The van der Waals surface area contributed by atoms with Crippen LogP contribution in [0, 0.1) is 11.3 Å². The second kappa shape index (κ2) is 4.84. The molecule has 1 aromatic carbocycles. The molecule has 1 aliphatic carbocycles. The molecule has 2 nitrogen and oxygen atoms in total. The summed E-state index contributed by atoms with van der Waals surface area (Å²) >= 11 is 0. The minimum atomic E-state index is -1.84. The van der Waals surface area contributed by atoms with Crippen molar-refractivity contribution in [2.75, 3.05) is 0 Å². The third-order valence-electron chi connectivity index (χ3n) is 2.48. The summed E-state index contributed by atoms with van der Waals surface area (Å²) in [7, 11) is 0. The molecule has 0 saturated heterocycles. The van der Waals surface area contributed by atoms with Crippen molar-refractivity contribution in [3.63, 3.8) is 0 Å². The van der Waals surface area contributed by atoms with Gasteiger partial charge in [0.25, 0.3) is 5.85 Å². The van der Waals surface area contributed by atoms with Crippen molar-refractivity contribution in [2.45, 2.75) is 18.7 Å². The Bertz CT molecular complexity index is 487. The van der Waals surface area contributed by atoms with Gasteiger partial charge >= 0.3 is 0 Å². The standard InChI is InChI=1S/C14H12FNO/c15-14(17-13-6-2-1-3-7-13)9-4-5-12(11-14)8-10-16/h1-7,9H,8,11H2. The maximum absolute atomic E-state index is 14.4. The van der Waals surface area contributed by atoms with Gasteiger partial charge in [0.15, 0.2) is 0 Å². The highest BCUT2D eigenvalue weighted by Crippen LogP contribution is 2.31. The van der Waals surface area contributed by atoms with Gasteiger partial charge < -0.3 is 4.74 Å². The molecule has 0 saturated carbocycles. The average molecular weight is 229 g/mol. The van der Waals surface area contributed by atoms with Crippen molar-refractivity contribution in [3.8, 4) is 11.8 Å². The van der Waals surface area contributed by atoms with E-state index in [1.54, 1.807) is 36.4 Å². The summed E-state index contributed by atoms with van der Waals surface area (Å²) in [6, 6.07) is 10.8. The van der Waals surface area contributed by atoms with Crippen LogP contribution in [0.4, 0.5) is 4.39 Å². The molecule has 1 atom stereocenters. The molecule has 0 amide bonds. The van der Waals surface area contributed by atoms with E-state index in [0.29, 0.717) is 5.75 Å². The average Bonchev–Trinajstić information content (AvgIpc) is 2.30. The maximum atomic E-state index is 14.4. The number of hydrogen-bond acceptors (Lipinski definition) is 2. The lowest BCUT2D eigenvalue weighted by molar-refractivity contribution is -0.0157. The molecule has 1 aliphatic rings. The first kappa shape index (κ1) is 11.4. The molecule has 0 N–H and O–H groups in total. The monoisotopic (exact) mass is 229 g/mol. The van der Waals surface area contributed by atoms with E-state index >= 15 is 0 Å². The minimum absolute atomic E-state index is 0.103. The zero-order valence-electron chi connectivity index (χ0n) is 9.27. The van der Waals surface area contributed by atoms with E-state index < -0.39 is 5.85 Å². The van der Waals surface area contributed by atoms with E-state index in [2.05, 4.69) is 0 Å². The highest BCUT2D eigenvalue weighted by molar-refractivity contribution is 5.28. The summed E-state index contributed by atoms with van der Waals surface area (Å²) in [5.74, 6) is -1.36. The van der Waals surface area contributed by atoms with E-state index in [1.165, 1.54) is 6.08 Å². The van der Waals surface area contributed by atoms with E-state index in [9.17, 15) is 4.39 Å². The van der Waals surface area contributed by atoms with Crippen LogP contribution in [0.15, 0.2) is 54.1 Å². The van der Waals surface area contributed by atoms with Crippen LogP contribution in [-0.4, -0.2) is 5.85 Å². The van der Waals surface area contributed by atoms with E-state index in [0.717, 1.165) is 5.57 Å². The first-order valence-electron chi connectivity index (χ1n) is 5.39. The summed E-state index contributed by atoms with van der Waals surface area (Å²) in [5, 5.41) is 8.60. The lowest BCUT2D eigenvalue weighted by Gasteiger charge is -2.26. The second-order valence-corrected chi connectivity index (χ2v) is 3.90. The lowest BCUT2D eigenvalue weighted by Crippen LogP contribution is -2.30. The number of alkyl halides is 1. The summed E-state index contributed by atoms with van der Waals surface area (Å²) in [4.78, 5) is 0. The topological polar surface area (TPSA) is 33.0 Å². The number of ether oxygens (including phenoxy) is 1. The third-order valence-corrected chi connectivity index (χ3v) is 2.48. The number of allylic oxidation sites excluding steroid dienone is 2. The number of para-hydroxylation sites is 1. The zero-order chi connectivity index (χ0) is 12.1. The van der Waals surface area contributed by atoms with Crippen molar-refractivity contribution in [3.05, 3.63) is 54.1 Å². The number of benzene rings is 1. The zero-order valence-corrected chi connectivity index (χ0v) is 9.27. The SMILES string of the molecule is N#CCC1=CC=CC(F)(Oc2ccccc2)C1. The van der Waals surface area contributed by atoms with Gasteiger partial charge in [0.05, 0.1) is 12.5 Å². The van der Waals surface area contributed by atoms with Gasteiger partial charge in [-0.1, -0.05) is 30.4 Å². The smallest absolute Gasteiger partial charge is 0.271 e. The number of nitriles is 1. The van der Waals surface area contributed by atoms with Gasteiger partial charge in [0, 0.05) is 6.42 Å². The predicted molar refractivity (Wildman–Crippen MR) is 63.0 cm³/mol. The molecule has 0 heterocycles. The van der Waals surface area contributed by atoms with Crippen molar-refractivity contribution >= 4 is 0 Å². The van der Waals surface area contributed by atoms with Gasteiger partial charge in [-0.3, -0.25) is 0 Å². The van der Waals surface area contributed by atoms with Crippen LogP contribution in [0.3, 0.4) is 0 Å². The van der Waals surface area contributed by atoms with Crippen molar-refractivity contribution in [1.82, 2.24) is 0 Å². The second-order valence-electron chi connectivity index (χ2n) is 3.90. The molecule has 0 spiro atoms. The Kier molecular flexibility index (Phi) is 3.24. The molecule has 17 heavy (non-hydrogen) atoms. The molecular formula is C14H12FNO. The number of rotatable bonds is 3. The first-order chi connectivity index (χ1) is 8.22. The van der Waals surface area contributed by atoms with E-state index in [1.807, 2.05) is 12.1 Å². The third kappa shape index (κ3) is 2.94. The Labute approximate surface area is 99.6 Å². The summed E-state index contributed by atoms with van der Waals surface area (Å²) in [5.41, 5.74) is 0.744. The molecule has 0 radical (unpaired) electrons. The molecule has 3 heteroatoms. The molecule has 0 fully saturated rings. The first-order valence-corrected chi connectivity index (χ1v) is 5.39. The van der Waals surface area contributed by atoms with Crippen LogP contribution in [0.2, 0.25) is 0 Å². The van der Waals surface area contributed by atoms with E-state index in [-0.39, 0.29) is 12.8 Å². The fourth-order valence-electron chi connectivity index (χ4n) is 1.73. The largest absolute Gasteiger partial charge is 0.454 e. The normalized spacial score (nSPS) is 22.7. The summed E-state index contributed by atoms with van der Waals surface area (Å²) < 4.78 is 19.7. The Morgan fingerprint density at radius 2 is 2.12 bits per heavy atom. The fourth-order valence-corrected chi connectivity index (χ4v) is 1.73. The van der Waals surface area contributed by atoms with Crippen molar-refractivity contribution < 1.29 is 9.13 Å². The molecule has 2 rings (SSSR count).